The standard InChI is InChI=1S/C14H21N7O/c1-4-9(3)17-14(22)10-6-20(7-10)12-11-13(16-8-15-12)21(5-2)19-18-11/h8-10H,4-7H2,1-3H3,(H,17,22). The topological polar surface area (TPSA) is 88.8 Å². The van der Waals surface area contributed by atoms with Gasteiger partial charge in [-0.1, -0.05) is 12.1 Å². The summed E-state index contributed by atoms with van der Waals surface area (Å²) in [5, 5.41) is 11.3. The van der Waals surface area contributed by atoms with Crippen molar-refractivity contribution >= 4 is 22.9 Å². The lowest BCUT2D eigenvalue weighted by molar-refractivity contribution is -0.126. The Labute approximate surface area is 128 Å². The minimum atomic E-state index is 0.0141. The van der Waals surface area contributed by atoms with E-state index in [1.165, 1.54) is 6.33 Å². The smallest absolute Gasteiger partial charge is 0.226 e. The first-order valence-electron chi connectivity index (χ1n) is 7.73. The molecule has 2 aromatic heterocycles. The van der Waals surface area contributed by atoms with Crippen molar-refractivity contribution in [2.45, 2.75) is 39.8 Å². The number of aryl methyl sites for hydroxylation is 1. The summed E-state index contributed by atoms with van der Waals surface area (Å²) in [5.74, 6) is 0.894. The van der Waals surface area contributed by atoms with Crippen molar-refractivity contribution in [3.05, 3.63) is 6.33 Å². The van der Waals surface area contributed by atoms with Crippen LogP contribution < -0.4 is 10.2 Å². The second kappa shape index (κ2) is 5.86. The zero-order valence-corrected chi connectivity index (χ0v) is 13.2. The van der Waals surface area contributed by atoms with Crippen LogP contribution in [0.25, 0.3) is 11.2 Å². The molecule has 0 spiro atoms. The SMILES string of the molecule is CCC(C)NC(=O)C1CN(c2ncnc3c2nnn3CC)C1. The van der Waals surface area contributed by atoms with Crippen LogP contribution in [-0.2, 0) is 11.3 Å². The predicted molar refractivity (Wildman–Crippen MR) is 82.4 cm³/mol. The highest BCUT2D eigenvalue weighted by Gasteiger charge is 2.35. The van der Waals surface area contributed by atoms with E-state index < -0.39 is 0 Å². The highest BCUT2D eigenvalue weighted by Crippen LogP contribution is 2.27. The molecule has 1 aliphatic rings. The molecular formula is C14H21N7O. The van der Waals surface area contributed by atoms with Crippen LogP contribution in [0.5, 0.6) is 0 Å². The van der Waals surface area contributed by atoms with Crippen LogP contribution in [0.4, 0.5) is 5.82 Å². The second-order valence-electron chi connectivity index (χ2n) is 5.69. The summed E-state index contributed by atoms with van der Waals surface area (Å²) in [7, 11) is 0. The molecule has 0 bridgehead atoms. The number of hydrogen-bond acceptors (Lipinski definition) is 6. The minimum absolute atomic E-state index is 0.0141. The Morgan fingerprint density at radius 1 is 1.41 bits per heavy atom. The molecule has 1 amide bonds. The molecule has 1 atom stereocenters. The molecule has 1 fully saturated rings. The van der Waals surface area contributed by atoms with Crippen LogP contribution in [0.2, 0.25) is 0 Å². The summed E-state index contributed by atoms with van der Waals surface area (Å²) in [6.07, 6.45) is 2.47. The highest BCUT2D eigenvalue weighted by atomic mass is 16.2. The van der Waals surface area contributed by atoms with Crippen LogP contribution in [0.15, 0.2) is 6.33 Å². The predicted octanol–water partition coefficient (Wildman–Crippen LogP) is 0.592. The van der Waals surface area contributed by atoms with Crippen molar-refractivity contribution in [3.63, 3.8) is 0 Å². The fraction of sp³-hybridized carbons (Fsp3) is 0.643. The molecule has 1 unspecified atom stereocenters. The Kier molecular flexibility index (Phi) is 3.91. The zero-order valence-electron chi connectivity index (χ0n) is 13.2. The van der Waals surface area contributed by atoms with Gasteiger partial charge in [0.15, 0.2) is 17.0 Å². The first-order chi connectivity index (χ1) is 10.6. The van der Waals surface area contributed by atoms with Gasteiger partial charge in [0.2, 0.25) is 5.91 Å². The first kappa shape index (κ1) is 14.7. The lowest BCUT2D eigenvalue weighted by atomic mass is 9.98. The lowest BCUT2D eigenvalue weighted by Crippen LogP contribution is -2.55. The van der Waals surface area contributed by atoms with Crippen LogP contribution in [0.1, 0.15) is 27.2 Å². The number of fused-ring (bicyclic) bond motifs is 1. The summed E-state index contributed by atoms with van der Waals surface area (Å²) < 4.78 is 1.74. The highest BCUT2D eigenvalue weighted by molar-refractivity contribution is 5.86. The summed E-state index contributed by atoms with van der Waals surface area (Å²) >= 11 is 0. The molecule has 118 valence electrons. The number of aromatic nitrogens is 5. The molecule has 1 N–H and O–H groups in total. The van der Waals surface area contributed by atoms with Gasteiger partial charge in [-0.15, -0.1) is 5.10 Å². The average Bonchev–Trinajstić information content (AvgIpc) is 2.89. The van der Waals surface area contributed by atoms with E-state index in [9.17, 15) is 4.79 Å². The van der Waals surface area contributed by atoms with Gasteiger partial charge in [0, 0.05) is 25.7 Å². The normalized spacial score (nSPS) is 16.6. The summed E-state index contributed by atoms with van der Waals surface area (Å²) in [4.78, 5) is 22.7. The Morgan fingerprint density at radius 2 is 2.18 bits per heavy atom. The molecule has 3 rings (SSSR count). The molecule has 3 heterocycles. The average molecular weight is 303 g/mol. The van der Waals surface area contributed by atoms with Gasteiger partial charge in [-0.05, 0) is 20.3 Å². The Hall–Kier alpha value is -2.25. The maximum absolute atomic E-state index is 12.1. The zero-order chi connectivity index (χ0) is 15.7. The first-order valence-corrected chi connectivity index (χ1v) is 7.73. The van der Waals surface area contributed by atoms with Gasteiger partial charge in [0.05, 0.1) is 5.92 Å². The largest absolute Gasteiger partial charge is 0.353 e. The lowest BCUT2D eigenvalue weighted by Gasteiger charge is -2.39. The molecule has 1 saturated heterocycles. The summed E-state index contributed by atoms with van der Waals surface area (Å²) in [5.41, 5.74) is 1.44. The van der Waals surface area contributed by atoms with E-state index in [1.807, 2.05) is 13.8 Å². The third kappa shape index (κ3) is 2.49. The molecule has 0 aliphatic carbocycles. The molecular weight excluding hydrogens is 282 g/mol. The van der Waals surface area contributed by atoms with E-state index in [0.29, 0.717) is 25.2 Å². The fourth-order valence-corrected chi connectivity index (χ4v) is 2.50. The molecule has 22 heavy (non-hydrogen) atoms. The van der Waals surface area contributed by atoms with Crippen LogP contribution in [0, 0.1) is 5.92 Å². The van der Waals surface area contributed by atoms with Crippen LogP contribution in [-0.4, -0.2) is 50.0 Å². The van der Waals surface area contributed by atoms with Gasteiger partial charge in [-0.25, -0.2) is 14.6 Å². The molecule has 2 aromatic rings. The number of hydrogen-bond donors (Lipinski definition) is 1. The van der Waals surface area contributed by atoms with Gasteiger partial charge >= 0.3 is 0 Å². The van der Waals surface area contributed by atoms with Gasteiger partial charge in [0.25, 0.3) is 0 Å². The molecule has 0 saturated carbocycles. The monoisotopic (exact) mass is 303 g/mol. The van der Waals surface area contributed by atoms with Crippen LogP contribution >= 0.6 is 0 Å². The maximum atomic E-state index is 12.1. The van der Waals surface area contributed by atoms with Crippen molar-refractivity contribution in [2.75, 3.05) is 18.0 Å². The number of nitrogens with zero attached hydrogens (tertiary/aromatic N) is 6. The van der Waals surface area contributed by atoms with Crippen molar-refractivity contribution < 1.29 is 4.79 Å². The Bertz CT molecular complexity index is 677. The van der Waals surface area contributed by atoms with Gasteiger partial charge in [0.1, 0.15) is 6.33 Å². The van der Waals surface area contributed by atoms with E-state index in [0.717, 1.165) is 17.9 Å². The molecule has 8 heteroatoms. The molecule has 0 radical (unpaired) electrons. The van der Waals surface area contributed by atoms with E-state index in [1.54, 1.807) is 4.68 Å². The maximum Gasteiger partial charge on any atom is 0.226 e. The Balaban J connectivity index is 1.71. The second-order valence-corrected chi connectivity index (χ2v) is 5.69. The quantitative estimate of drug-likeness (QED) is 0.869. The van der Waals surface area contributed by atoms with E-state index in [4.69, 9.17) is 0 Å². The van der Waals surface area contributed by atoms with Crippen molar-refractivity contribution in [3.8, 4) is 0 Å². The number of amides is 1. The van der Waals surface area contributed by atoms with Gasteiger partial charge in [-0.3, -0.25) is 4.79 Å². The van der Waals surface area contributed by atoms with Gasteiger partial charge in [-0.2, -0.15) is 0 Å². The third-order valence-electron chi connectivity index (χ3n) is 4.13. The van der Waals surface area contributed by atoms with Crippen molar-refractivity contribution in [1.82, 2.24) is 30.3 Å². The van der Waals surface area contributed by atoms with E-state index in [-0.39, 0.29) is 17.9 Å². The minimum Gasteiger partial charge on any atom is -0.353 e. The fourth-order valence-electron chi connectivity index (χ4n) is 2.50. The molecule has 1 aliphatic heterocycles. The summed E-state index contributed by atoms with van der Waals surface area (Å²) in [6, 6.07) is 0.219. The number of carbonyl (C=O) groups excluding carboxylic acids is 1. The number of carbonyl (C=O) groups is 1. The summed E-state index contributed by atoms with van der Waals surface area (Å²) in [6.45, 7) is 8.11. The van der Waals surface area contributed by atoms with E-state index >= 15 is 0 Å². The molecule has 0 aromatic carbocycles. The number of rotatable bonds is 5. The van der Waals surface area contributed by atoms with Crippen LogP contribution in [0.3, 0.4) is 0 Å². The molecule has 8 nitrogen and oxygen atoms in total. The van der Waals surface area contributed by atoms with Crippen molar-refractivity contribution in [1.29, 1.82) is 0 Å². The Morgan fingerprint density at radius 3 is 2.86 bits per heavy atom. The third-order valence-corrected chi connectivity index (χ3v) is 4.13. The number of anilines is 1. The number of nitrogens with one attached hydrogen (secondary N) is 1. The van der Waals surface area contributed by atoms with Crippen molar-refractivity contribution in [2.24, 2.45) is 5.92 Å². The van der Waals surface area contributed by atoms with Gasteiger partial charge < -0.3 is 10.2 Å². The van der Waals surface area contributed by atoms with E-state index in [2.05, 4.69) is 37.4 Å².